The Morgan fingerprint density at radius 2 is 1.84 bits per heavy atom. The average molecular weight is 323 g/mol. The summed E-state index contributed by atoms with van der Waals surface area (Å²) in [5, 5.41) is 11.8. The fraction of sp³-hybridized carbons (Fsp3) is 0.0714. The van der Waals surface area contributed by atoms with Crippen molar-refractivity contribution in [3.63, 3.8) is 0 Å². The summed E-state index contributed by atoms with van der Waals surface area (Å²) in [7, 11) is 0. The molecule has 0 unspecified atom stereocenters. The van der Waals surface area contributed by atoms with E-state index < -0.39 is 5.82 Å². The molecule has 0 atom stereocenters. The largest absolute Gasteiger partial charge is 0.381 e. The van der Waals surface area contributed by atoms with Gasteiger partial charge in [-0.3, -0.25) is 0 Å². The van der Waals surface area contributed by atoms with Crippen molar-refractivity contribution < 1.29 is 8.78 Å². The molecule has 0 aromatic heterocycles. The van der Waals surface area contributed by atoms with Gasteiger partial charge in [0.15, 0.2) is 0 Å². The van der Waals surface area contributed by atoms with Crippen LogP contribution in [0.3, 0.4) is 0 Å². The monoisotopic (exact) mass is 322 g/mol. The van der Waals surface area contributed by atoms with Gasteiger partial charge in [0.25, 0.3) is 0 Å². The van der Waals surface area contributed by atoms with Gasteiger partial charge < -0.3 is 5.32 Å². The van der Waals surface area contributed by atoms with Crippen molar-refractivity contribution >= 4 is 21.6 Å². The number of nitrogens with one attached hydrogen (secondary N) is 1. The molecule has 0 aliphatic carbocycles. The summed E-state index contributed by atoms with van der Waals surface area (Å²) in [6, 6.07) is 10.7. The van der Waals surface area contributed by atoms with Crippen molar-refractivity contribution in [2.45, 2.75) is 6.54 Å². The van der Waals surface area contributed by atoms with Crippen molar-refractivity contribution in [1.29, 1.82) is 5.26 Å². The summed E-state index contributed by atoms with van der Waals surface area (Å²) in [5.41, 5.74) is 1.52. The van der Waals surface area contributed by atoms with Gasteiger partial charge in [-0.05, 0) is 51.8 Å². The molecule has 0 heterocycles. The molecule has 0 aliphatic heterocycles. The molecule has 0 saturated heterocycles. The van der Waals surface area contributed by atoms with E-state index in [-0.39, 0.29) is 11.4 Å². The molecule has 0 spiro atoms. The molecule has 2 rings (SSSR count). The smallest absolute Gasteiger partial charge is 0.140 e. The van der Waals surface area contributed by atoms with E-state index in [0.717, 1.165) is 11.3 Å². The highest BCUT2D eigenvalue weighted by Gasteiger charge is 2.04. The van der Waals surface area contributed by atoms with Crippen LogP contribution in [-0.4, -0.2) is 0 Å². The van der Waals surface area contributed by atoms with Crippen LogP contribution in [0.1, 0.15) is 11.1 Å². The summed E-state index contributed by atoms with van der Waals surface area (Å²) < 4.78 is 26.6. The van der Waals surface area contributed by atoms with E-state index in [1.165, 1.54) is 18.2 Å². The van der Waals surface area contributed by atoms with Gasteiger partial charge in [-0.2, -0.15) is 5.26 Å². The molecule has 2 aromatic rings. The number of anilines is 1. The molecule has 0 amide bonds. The zero-order valence-electron chi connectivity index (χ0n) is 9.75. The van der Waals surface area contributed by atoms with Crippen LogP contribution < -0.4 is 5.32 Å². The van der Waals surface area contributed by atoms with Gasteiger partial charge in [-0.15, -0.1) is 0 Å². The van der Waals surface area contributed by atoms with Crippen LogP contribution in [0.15, 0.2) is 40.9 Å². The molecule has 0 fully saturated rings. The fourth-order valence-electron chi connectivity index (χ4n) is 1.58. The van der Waals surface area contributed by atoms with E-state index in [2.05, 4.69) is 21.2 Å². The lowest BCUT2D eigenvalue weighted by Gasteiger charge is -2.08. The minimum Gasteiger partial charge on any atom is -0.381 e. The van der Waals surface area contributed by atoms with E-state index in [1.807, 2.05) is 0 Å². The van der Waals surface area contributed by atoms with E-state index >= 15 is 0 Å². The number of benzene rings is 2. The van der Waals surface area contributed by atoms with Crippen LogP contribution in [0.5, 0.6) is 0 Å². The molecule has 96 valence electrons. The number of halogens is 3. The first-order chi connectivity index (χ1) is 9.10. The van der Waals surface area contributed by atoms with E-state index in [0.29, 0.717) is 11.0 Å². The highest BCUT2D eigenvalue weighted by atomic mass is 79.9. The van der Waals surface area contributed by atoms with Crippen molar-refractivity contribution in [2.75, 3.05) is 5.32 Å². The van der Waals surface area contributed by atoms with Gasteiger partial charge in [0.1, 0.15) is 17.7 Å². The van der Waals surface area contributed by atoms with Gasteiger partial charge in [-0.25, -0.2) is 8.78 Å². The average Bonchev–Trinajstić information content (AvgIpc) is 2.41. The van der Waals surface area contributed by atoms with Crippen molar-refractivity contribution in [1.82, 2.24) is 0 Å². The SMILES string of the molecule is N#Cc1cc(CNc2ccc(F)c(Br)c2)ccc1F. The van der Waals surface area contributed by atoms with Crippen LogP contribution in [0, 0.1) is 23.0 Å². The third-order valence-electron chi connectivity index (χ3n) is 2.57. The molecular formula is C14H9BrF2N2. The van der Waals surface area contributed by atoms with Crippen molar-refractivity contribution in [2.24, 2.45) is 0 Å². The Kier molecular flexibility index (Phi) is 4.13. The molecule has 5 heteroatoms. The Balaban J connectivity index is 2.10. The zero-order chi connectivity index (χ0) is 13.8. The van der Waals surface area contributed by atoms with Crippen molar-refractivity contribution in [3.05, 3.63) is 63.6 Å². The van der Waals surface area contributed by atoms with Gasteiger partial charge >= 0.3 is 0 Å². The van der Waals surface area contributed by atoms with Crippen LogP contribution in [-0.2, 0) is 6.54 Å². The molecule has 2 aromatic carbocycles. The second-order valence-corrected chi connectivity index (χ2v) is 4.76. The third kappa shape index (κ3) is 3.30. The summed E-state index contributed by atoms with van der Waals surface area (Å²) in [5.74, 6) is -0.866. The fourth-order valence-corrected chi connectivity index (χ4v) is 1.96. The first kappa shape index (κ1) is 13.5. The normalized spacial score (nSPS) is 10.0. The first-order valence-electron chi connectivity index (χ1n) is 5.47. The Bertz CT molecular complexity index is 650. The Morgan fingerprint density at radius 1 is 1.11 bits per heavy atom. The number of nitrogens with zero attached hydrogens (tertiary/aromatic N) is 1. The zero-order valence-corrected chi connectivity index (χ0v) is 11.3. The second-order valence-electron chi connectivity index (χ2n) is 3.91. The Morgan fingerprint density at radius 3 is 2.53 bits per heavy atom. The molecule has 0 aliphatic rings. The molecular weight excluding hydrogens is 314 g/mol. The van der Waals surface area contributed by atoms with E-state index in [1.54, 1.807) is 24.3 Å². The van der Waals surface area contributed by atoms with Gasteiger partial charge in [-0.1, -0.05) is 6.07 Å². The Labute approximate surface area is 117 Å². The molecule has 0 bridgehead atoms. The Hall–Kier alpha value is -1.93. The number of nitriles is 1. The maximum atomic E-state index is 13.1. The molecule has 19 heavy (non-hydrogen) atoms. The summed E-state index contributed by atoms with van der Waals surface area (Å²) in [6.45, 7) is 0.424. The number of hydrogen-bond acceptors (Lipinski definition) is 2. The van der Waals surface area contributed by atoms with Crippen molar-refractivity contribution in [3.8, 4) is 6.07 Å². The van der Waals surface area contributed by atoms with E-state index in [9.17, 15) is 8.78 Å². The summed E-state index contributed by atoms with van der Waals surface area (Å²) >= 11 is 3.10. The number of rotatable bonds is 3. The lowest BCUT2D eigenvalue weighted by molar-refractivity contribution is 0.621. The van der Waals surface area contributed by atoms with Gasteiger partial charge in [0.2, 0.25) is 0 Å². The summed E-state index contributed by atoms with van der Waals surface area (Å²) in [4.78, 5) is 0. The van der Waals surface area contributed by atoms with Gasteiger partial charge in [0.05, 0.1) is 10.0 Å². The summed E-state index contributed by atoms with van der Waals surface area (Å²) in [6.07, 6.45) is 0. The maximum Gasteiger partial charge on any atom is 0.140 e. The van der Waals surface area contributed by atoms with Gasteiger partial charge in [0, 0.05) is 12.2 Å². The minimum atomic E-state index is -0.532. The minimum absolute atomic E-state index is 0.0135. The topological polar surface area (TPSA) is 35.8 Å². The quantitative estimate of drug-likeness (QED) is 0.918. The highest BCUT2D eigenvalue weighted by Crippen LogP contribution is 2.20. The third-order valence-corrected chi connectivity index (χ3v) is 3.18. The predicted molar refractivity (Wildman–Crippen MR) is 72.5 cm³/mol. The molecule has 1 N–H and O–H groups in total. The standard InChI is InChI=1S/C14H9BrF2N2/c15-12-6-11(2-4-14(12)17)19-8-9-1-3-13(16)10(5-9)7-18/h1-6,19H,8H2. The lowest BCUT2D eigenvalue weighted by atomic mass is 10.1. The molecule has 0 saturated carbocycles. The molecule has 0 radical (unpaired) electrons. The second kappa shape index (κ2) is 5.81. The van der Waals surface area contributed by atoms with Crippen LogP contribution in [0.25, 0.3) is 0 Å². The predicted octanol–water partition coefficient (Wildman–Crippen LogP) is 4.21. The van der Waals surface area contributed by atoms with Crippen LogP contribution in [0.2, 0.25) is 0 Å². The van der Waals surface area contributed by atoms with E-state index in [4.69, 9.17) is 5.26 Å². The van der Waals surface area contributed by atoms with Crippen LogP contribution >= 0.6 is 15.9 Å². The lowest BCUT2D eigenvalue weighted by Crippen LogP contribution is -2.00. The first-order valence-corrected chi connectivity index (χ1v) is 6.27. The highest BCUT2D eigenvalue weighted by molar-refractivity contribution is 9.10. The maximum absolute atomic E-state index is 13.1. The number of hydrogen-bond donors (Lipinski definition) is 1. The van der Waals surface area contributed by atoms with Crippen LogP contribution in [0.4, 0.5) is 14.5 Å². The molecule has 2 nitrogen and oxygen atoms in total.